The lowest BCUT2D eigenvalue weighted by atomic mass is 9.98. The number of nitrogens with one attached hydrogen (secondary N) is 1. The maximum absolute atomic E-state index is 12.0. The first-order chi connectivity index (χ1) is 10.5. The number of carboxylic acids is 1. The zero-order chi connectivity index (χ0) is 16.1. The van der Waals surface area contributed by atoms with Crippen LogP contribution in [0.25, 0.3) is 0 Å². The van der Waals surface area contributed by atoms with Crippen molar-refractivity contribution in [1.29, 1.82) is 0 Å². The molecule has 1 fully saturated rings. The quantitative estimate of drug-likeness (QED) is 0.818. The number of rotatable bonds is 5. The molecule has 0 aromatic heterocycles. The van der Waals surface area contributed by atoms with E-state index >= 15 is 0 Å². The normalized spacial score (nSPS) is 18.1. The van der Waals surface area contributed by atoms with Gasteiger partial charge in [0.25, 0.3) is 0 Å². The van der Waals surface area contributed by atoms with Crippen LogP contribution >= 0.6 is 35.6 Å². The van der Waals surface area contributed by atoms with Crippen molar-refractivity contribution in [3.63, 3.8) is 0 Å². The molecule has 1 saturated heterocycles. The Bertz CT molecular complexity index is 569. The highest BCUT2D eigenvalue weighted by Gasteiger charge is 2.25. The van der Waals surface area contributed by atoms with Crippen LogP contribution in [0.15, 0.2) is 18.2 Å². The lowest BCUT2D eigenvalue weighted by molar-refractivity contribution is -0.143. The molecule has 8 heteroatoms. The molecule has 2 N–H and O–H groups in total. The van der Waals surface area contributed by atoms with Crippen molar-refractivity contribution in [2.45, 2.75) is 19.3 Å². The number of carbonyl (C=O) groups excluding carboxylic acids is 1. The van der Waals surface area contributed by atoms with Gasteiger partial charge in [0, 0.05) is 24.5 Å². The molecule has 0 saturated carbocycles. The number of anilines is 1. The summed E-state index contributed by atoms with van der Waals surface area (Å²) in [7, 11) is 0. The minimum absolute atomic E-state index is 0. The van der Waals surface area contributed by atoms with Crippen LogP contribution in [0.4, 0.5) is 5.69 Å². The highest BCUT2D eigenvalue weighted by Crippen LogP contribution is 2.25. The van der Waals surface area contributed by atoms with Gasteiger partial charge >= 0.3 is 5.97 Å². The van der Waals surface area contributed by atoms with E-state index in [1.807, 2.05) is 4.90 Å². The Morgan fingerprint density at radius 2 is 2.09 bits per heavy atom. The fourth-order valence-electron chi connectivity index (χ4n) is 2.53. The monoisotopic (exact) mass is 380 g/mol. The first-order valence-electron chi connectivity index (χ1n) is 7.16. The summed E-state index contributed by atoms with van der Waals surface area (Å²) in [6, 6.07) is 4.88. The molecule has 23 heavy (non-hydrogen) atoms. The van der Waals surface area contributed by atoms with E-state index in [0.717, 1.165) is 13.0 Å². The van der Waals surface area contributed by atoms with Gasteiger partial charge in [-0.05, 0) is 37.6 Å². The van der Waals surface area contributed by atoms with E-state index in [0.29, 0.717) is 35.2 Å². The van der Waals surface area contributed by atoms with E-state index in [2.05, 4.69) is 5.32 Å². The summed E-state index contributed by atoms with van der Waals surface area (Å²) >= 11 is 11.9. The fourth-order valence-corrected chi connectivity index (χ4v) is 2.86. The third-order valence-corrected chi connectivity index (χ3v) is 4.28. The van der Waals surface area contributed by atoms with Crippen LogP contribution in [0.5, 0.6) is 0 Å². The first-order valence-corrected chi connectivity index (χ1v) is 7.91. The smallest absolute Gasteiger partial charge is 0.307 e. The standard InChI is InChI=1S/C15H18Cl2N2O3.ClH/c16-11-3-4-12(17)13(8-11)18-14(20)5-7-19-6-1-2-10(9-19)15(21)22;/h3-4,8,10H,1-2,5-7,9H2,(H,18,20)(H,21,22);1H. The molecular weight excluding hydrogens is 363 g/mol. The maximum atomic E-state index is 12.0. The van der Waals surface area contributed by atoms with Crippen molar-refractivity contribution in [3.05, 3.63) is 28.2 Å². The summed E-state index contributed by atoms with van der Waals surface area (Å²) < 4.78 is 0. The van der Waals surface area contributed by atoms with Crippen molar-refractivity contribution >= 4 is 53.2 Å². The molecule has 128 valence electrons. The number of halogens is 3. The van der Waals surface area contributed by atoms with Gasteiger partial charge in [0.2, 0.25) is 5.91 Å². The number of benzene rings is 1. The number of amides is 1. The number of carboxylic acid groups (broad SMARTS) is 1. The molecule has 0 radical (unpaired) electrons. The van der Waals surface area contributed by atoms with Crippen molar-refractivity contribution < 1.29 is 14.7 Å². The Balaban J connectivity index is 0.00000264. The summed E-state index contributed by atoms with van der Waals surface area (Å²) in [5, 5.41) is 12.7. The molecule has 1 aromatic carbocycles. The summed E-state index contributed by atoms with van der Waals surface area (Å²) in [5.74, 6) is -1.26. The molecule has 1 aromatic rings. The number of likely N-dealkylation sites (tertiary alicyclic amines) is 1. The number of nitrogens with zero attached hydrogens (tertiary/aromatic N) is 1. The fraction of sp³-hybridized carbons (Fsp3) is 0.467. The van der Waals surface area contributed by atoms with Crippen LogP contribution in [0.2, 0.25) is 10.0 Å². The van der Waals surface area contributed by atoms with Gasteiger partial charge in [0.05, 0.1) is 16.6 Å². The second-order valence-corrected chi connectivity index (χ2v) is 6.24. The van der Waals surface area contributed by atoms with Gasteiger partial charge < -0.3 is 15.3 Å². The number of hydrogen-bond donors (Lipinski definition) is 2. The van der Waals surface area contributed by atoms with E-state index in [1.165, 1.54) is 0 Å². The lowest BCUT2D eigenvalue weighted by Crippen LogP contribution is -2.40. The highest BCUT2D eigenvalue weighted by atomic mass is 35.5. The summed E-state index contributed by atoms with van der Waals surface area (Å²) in [4.78, 5) is 25.0. The van der Waals surface area contributed by atoms with Crippen LogP contribution in [-0.2, 0) is 9.59 Å². The Morgan fingerprint density at radius 3 is 2.78 bits per heavy atom. The molecule has 1 aliphatic rings. The second-order valence-electron chi connectivity index (χ2n) is 5.40. The van der Waals surface area contributed by atoms with Crippen LogP contribution in [0, 0.1) is 5.92 Å². The van der Waals surface area contributed by atoms with Gasteiger partial charge in [0.15, 0.2) is 0 Å². The molecule has 5 nitrogen and oxygen atoms in total. The summed E-state index contributed by atoms with van der Waals surface area (Å²) in [6.07, 6.45) is 1.84. The summed E-state index contributed by atoms with van der Waals surface area (Å²) in [5.41, 5.74) is 0.487. The van der Waals surface area contributed by atoms with E-state index in [-0.39, 0.29) is 30.7 Å². The third-order valence-electron chi connectivity index (χ3n) is 3.71. The topological polar surface area (TPSA) is 69.6 Å². The molecule has 1 unspecified atom stereocenters. The second kappa shape index (κ2) is 9.33. The largest absolute Gasteiger partial charge is 0.481 e. The van der Waals surface area contributed by atoms with E-state index in [1.54, 1.807) is 18.2 Å². The predicted octanol–water partition coefficient (Wildman–Crippen LogP) is 3.54. The van der Waals surface area contributed by atoms with E-state index in [9.17, 15) is 9.59 Å². The molecule has 1 heterocycles. The number of hydrogen-bond acceptors (Lipinski definition) is 3. The SMILES string of the molecule is Cl.O=C(CCN1CCCC(C(=O)O)C1)Nc1cc(Cl)ccc1Cl. The van der Waals surface area contributed by atoms with E-state index < -0.39 is 5.97 Å². The van der Waals surface area contributed by atoms with Crippen molar-refractivity contribution in [1.82, 2.24) is 4.90 Å². The van der Waals surface area contributed by atoms with Crippen molar-refractivity contribution in [2.75, 3.05) is 25.0 Å². The molecule has 1 atom stereocenters. The van der Waals surface area contributed by atoms with Gasteiger partial charge in [-0.2, -0.15) is 0 Å². The van der Waals surface area contributed by atoms with Crippen molar-refractivity contribution in [3.8, 4) is 0 Å². The van der Waals surface area contributed by atoms with Crippen LogP contribution < -0.4 is 5.32 Å². The molecular formula is C15H19Cl3N2O3. The van der Waals surface area contributed by atoms with Crippen LogP contribution in [0.1, 0.15) is 19.3 Å². The van der Waals surface area contributed by atoms with Gasteiger partial charge in [-0.25, -0.2) is 0 Å². The Kier molecular flexibility index (Phi) is 8.12. The average Bonchev–Trinajstić information content (AvgIpc) is 2.49. The van der Waals surface area contributed by atoms with Gasteiger partial charge in [-0.15, -0.1) is 12.4 Å². The summed E-state index contributed by atoms with van der Waals surface area (Å²) in [6.45, 7) is 1.86. The Hall–Kier alpha value is -1.01. The lowest BCUT2D eigenvalue weighted by Gasteiger charge is -2.30. The Morgan fingerprint density at radius 1 is 1.35 bits per heavy atom. The van der Waals surface area contributed by atoms with E-state index in [4.69, 9.17) is 28.3 Å². The van der Waals surface area contributed by atoms with Gasteiger partial charge in [-0.3, -0.25) is 9.59 Å². The number of aliphatic carboxylic acids is 1. The zero-order valence-electron chi connectivity index (χ0n) is 12.4. The molecule has 0 spiro atoms. The average molecular weight is 382 g/mol. The highest BCUT2D eigenvalue weighted by molar-refractivity contribution is 6.35. The van der Waals surface area contributed by atoms with Gasteiger partial charge in [0.1, 0.15) is 0 Å². The Labute approximate surface area is 151 Å². The molecule has 1 amide bonds. The van der Waals surface area contributed by atoms with Crippen LogP contribution in [0.3, 0.4) is 0 Å². The van der Waals surface area contributed by atoms with Crippen molar-refractivity contribution in [2.24, 2.45) is 5.92 Å². The maximum Gasteiger partial charge on any atom is 0.307 e. The first kappa shape index (κ1) is 20.0. The number of piperidine rings is 1. The minimum Gasteiger partial charge on any atom is -0.481 e. The minimum atomic E-state index is -0.764. The van der Waals surface area contributed by atoms with Crippen LogP contribution in [-0.4, -0.2) is 41.5 Å². The molecule has 2 rings (SSSR count). The molecule has 0 bridgehead atoms. The number of carbonyl (C=O) groups is 2. The molecule has 0 aliphatic carbocycles. The predicted molar refractivity (Wildman–Crippen MR) is 93.8 cm³/mol. The van der Waals surface area contributed by atoms with Gasteiger partial charge in [-0.1, -0.05) is 23.2 Å². The molecule has 1 aliphatic heterocycles. The zero-order valence-corrected chi connectivity index (χ0v) is 14.8. The third kappa shape index (κ3) is 6.18.